The summed E-state index contributed by atoms with van der Waals surface area (Å²) in [5.74, 6) is 0. The van der Waals surface area contributed by atoms with Crippen LogP contribution >= 0.6 is 0 Å². The quantitative estimate of drug-likeness (QED) is 0.598. The third-order valence-corrected chi connectivity index (χ3v) is 1.74. The van der Waals surface area contributed by atoms with Gasteiger partial charge in [-0.1, -0.05) is 0 Å². The Bertz CT molecular complexity index is 190. The van der Waals surface area contributed by atoms with Gasteiger partial charge >= 0.3 is 0 Å². The lowest BCUT2D eigenvalue weighted by Gasteiger charge is -2.28. The minimum Gasteiger partial charge on any atom is -0.292 e. The van der Waals surface area contributed by atoms with Gasteiger partial charge in [-0.15, -0.1) is 0 Å². The third-order valence-electron chi connectivity index (χ3n) is 1.74. The van der Waals surface area contributed by atoms with E-state index in [1.807, 2.05) is 20.8 Å². The maximum atomic E-state index is 8.76. The standard InChI is InChI=1S/C9H16N2O/c1-9(2,3)12-11-6-4-5-8(11)7-10/h8H,4-6H2,1-3H3. The molecule has 1 heterocycles. The summed E-state index contributed by atoms with van der Waals surface area (Å²) in [4.78, 5) is 5.61. The van der Waals surface area contributed by atoms with Crippen molar-refractivity contribution in [2.45, 2.75) is 45.3 Å². The van der Waals surface area contributed by atoms with Gasteiger partial charge in [0.1, 0.15) is 6.04 Å². The number of nitrogens with zero attached hydrogens (tertiary/aromatic N) is 2. The van der Waals surface area contributed by atoms with Crippen molar-refractivity contribution >= 4 is 0 Å². The molecule has 3 nitrogen and oxygen atoms in total. The van der Waals surface area contributed by atoms with Crippen LogP contribution < -0.4 is 0 Å². The lowest BCUT2D eigenvalue weighted by atomic mass is 10.2. The molecule has 12 heavy (non-hydrogen) atoms. The van der Waals surface area contributed by atoms with Gasteiger partial charge in [0.15, 0.2) is 0 Å². The molecule has 68 valence electrons. The Morgan fingerprint density at radius 1 is 1.50 bits per heavy atom. The number of hydroxylamine groups is 2. The van der Waals surface area contributed by atoms with Crippen molar-refractivity contribution in [3.8, 4) is 6.07 Å². The van der Waals surface area contributed by atoms with Gasteiger partial charge in [-0.2, -0.15) is 10.3 Å². The fourth-order valence-electron chi connectivity index (χ4n) is 1.33. The molecule has 1 fully saturated rings. The fraction of sp³-hybridized carbons (Fsp3) is 0.889. The van der Waals surface area contributed by atoms with Gasteiger partial charge in [0.2, 0.25) is 0 Å². The molecule has 0 amide bonds. The monoisotopic (exact) mass is 168 g/mol. The van der Waals surface area contributed by atoms with Gasteiger partial charge in [-0.3, -0.25) is 4.84 Å². The van der Waals surface area contributed by atoms with Gasteiger partial charge in [0, 0.05) is 6.54 Å². The zero-order valence-electron chi connectivity index (χ0n) is 8.00. The lowest BCUT2D eigenvalue weighted by Crippen LogP contribution is -2.36. The Balaban J connectivity index is 2.48. The highest BCUT2D eigenvalue weighted by molar-refractivity contribution is 4.93. The van der Waals surface area contributed by atoms with E-state index in [0.29, 0.717) is 0 Å². The molecule has 0 N–H and O–H groups in total. The minimum atomic E-state index is -0.181. The highest BCUT2D eigenvalue weighted by atomic mass is 16.7. The van der Waals surface area contributed by atoms with Crippen LogP contribution in [-0.2, 0) is 4.84 Å². The van der Waals surface area contributed by atoms with Crippen LogP contribution in [0.3, 0.4) is 0 Å². The summed E-state index contributed by atoms with van der Waals surface area (Å²) in [5.41, 5.74) is -0.181. The molecule has 0 aromatic carbocycles. The van der Waals surface area contributed by atoms with Crippen molar-refractivity contribution in [2.24, 2.45) is 0 Å². The molecular weight excluding hydrogens is 152 g/mol. The number of nitriles is 1. The summed E-state index contributed by atoms with van der Waals surface area (Å²) in [6, 6.07) is 2.20. The maximum absolute atomic E-state index is 8.76. The second-order valence-electron chi connectivity index (χ2n) is 4.13. The molecule has 0 aliphatic carbocycles. The zero-order chi connectivity index (χ0) is 9.19. The van der Waals surface area contributed by atoms with Crippen molar-refractivity contribution < 1.29 is 4.84 Å². The van der Waals surface area contributed by atoms with Crippen LogP contribution in [0, 0.1) is 11.3 Å². The molecule has 1 aliphatic heterocycles. The average Bonchev–Trinajstić information content (AvgIpc) is 2.31. The Labute approximate surface area is 73.9 Å². The largest absolute Gasteiger partial charge is 0.292 e. The normalized spacial score (nSPS) is 25.7. The third kappa shape index (κ3) is 2.47. The van der Waals surface area contributed by atoms with E-state index in [9.17, 15) is 0 Å². The summed E-state index contributed by atoms with van der Waals surface area (Å²) in [6.07, 6.45) is 2.00. The van der Waals surface area contributed by atoms with Gasteiger partial charge < -0.3 is 0 Å². The molecule has 0 aromatic rings. The van der Waals surface area contributed by atoms with E-state index in [1.54, 1.807) is 5.06 Å². The summed E-state index contributed by atoms with van der Waals surface area (Å²) in [7, 11) is 0. The van der Waals surface area contributed by atoms with Crippen LogP contribution in [0.1, 0.15) is 33.6 Å². The van der Waals surface area contributed by atoms with Crippen LogP contribution in [0.2, 0.25) is 0 Å². The molecule has 0 spiro atoms. The highest BCUT2D eigenvalue weighted by Gasteiger charge is 2.28. The highest BCUT2D eigenvalue weighted by Crippen LogP contribution is 2.21. The summed E-state index contributed by atoms with van der Waals surface area (Å²) in [6.45, 7) is 6.88. The van der Waals surface area contributed by atoms with E-state index in [1.165, 1.54) is 0 Å². The first-order valence-electron chi connectivity index (χ1n) is 4.38. The van der Waals surface area contributed by atoms with Gasteiger partial charge in [0.25, 0.3) is 0 Å². The second-order valence-corrected chi connectivity index (χ2v) is 4.13. The number of hydrogen-bond acceptors (Lipinski definition) is 3. The Kier molecular flexibility index (Phi) is 2.71. The smallest absolute Gasteiger partial charge is 0.122 e. The van der Waals surface area contributed by atoms with Crippen molar-refractivity contribution in [2.75, 3.05) is 6.54 Å². The molecule has 0 saturated carbocycles. The van der Waals surface area contributed by atoms with E-state index in [2.05, 4.69) is 6.07 Å². The maximum Gasteiger partial charge on any atom is 0.122 e. The lowest BCUT2D eigenvalue weighted by molar-refractivity contribution is -0.227. The van der Waals surface area contributed by atoms with Gasteiger partial charge in [-0.25, -0.2) is 0 Å². The molecule has 0 bridgehead atoms. The molecule has 0 aromatic heterocycles. The van der Waals surface area contributed by atoms with E-state index in [4.69, 9.17) is 10.1 Å². The second kappa shape index (κ2) is 3.42. The summed E-state index contributed by atoms with van der Waals surface area (Å²) < 4.78 is 0. The Morgan fingerprint density at radius 2 is 2.17 bits per heavy atom. The number of rotatable bonds is 1. The molecule has 3 heteroatoms. The summed E-state index contributed by atoms with van der Waals surface area (Å²) >= 11 is 0. The van der Waals surface area contributed by atoms with Crippen LogP contribution in [0.15, 0.2) is 0 Å². The molecule has 1 unspecified atom stereocenters. The van der Waals surface area contributed by atoms with Crippen molar-refractivity contribution in [1.29, 1.82) is 5.26 Å². The molecular formula is C9H16N2O. The fourth-order valence-corrected chi connectivity index (χ4v) is 1.33. The van der Waals surface area contributed by atoms with E-state index >= 15 is 0 Å². The van der Waals surface area contributed by atoms with Crippen molar-refractivity contribution in [3.05, 3.63) is 0 Å². The van der Waals surface area contributed by atoms with Crippen LogP contribution in [-0.4, -0.2) is 23.3 Å². The average molecular weight is 168 g/mol. The summed E-state index contributed by atoms with van der Waals surface area (Å²) in [5, 5.41) is 10.6. The van der Waals surface area contributed by atoms with Crippen LogP contribution in [0.4, 0.5) is 0 Å². The minimum absolute atomic E-state index is 0.0378. The Hall–Kier alpha value is -0.590. The van der Waals surface area contributed by atoms with Crippen LogP contribution in [0.25, 0.3) is 0 Å². The van der Waals surface area contributed by atoms with E-state index < -0.39 is 0 Å². The van der Waals surface area contributed by atoms with Crippen molar-refractivity contribution in [3.63, 3.8) is 0 Å². The Morgan fingerprint density at radius 3 is 2.67 bits per heavy atom. The topological polar surface area (TPSA) is 36.3 Å². The molecule has 1 saturated heterocycles. The molecule has 0 radical (unpaired) electrons. The first-order chi connectivity index (χ1) is 5.53. The zero-order valence-corrected chi connectivity index (χ0v) is 8.00. The predicted molar refractivity (Wildman–Crippen MR) is 46.2 cm³/mol. The van der Waals surface area contributed by atoms with Crippen molar-refractivity contribution in [1.82, 2.24) is 5.06 Å². The molecule has 1 atom stereocenters. The number of hydrogen-bond donors (Lipinski definition) is 0. The van der Waals surface area contributed by atoms with Gasteiger partial charge in [-0.05, 0) is 33.6 Å². The molecule has 1 rings (SSSR count). The van der Waals surface area contributed by atoms with Gasteiger partial charge in [0.05, 0.1) is 11.7 Å². The first-order valence-corrected chi connectivity index (χ1v) is 4.38. The van der Waals surface area contributed by atoms with E-state index in [-0.39, 0.29) is 11.6 Å². The molecule has 1 aliphatic rings. The van der Waals surface area contributed by atoms with Crippen LogP contribution in [0.5, 0.6) is 0 Å². The SMILES string of the molecule is CC(C)(C)ON1CCCC1C#N. The predicted octanol–water partition coefficient (Wildman–Crippen LogP) is 1.70. The first kappa shape index (κ1) is 9.50. The van der Waals surface area contributed by atoms with E-state index in [0.717, 1.165) is 19.4 Å².